The Kier molecular flexibility index (Phi) is 4.12. The molecule has 0 aromatic carbocycles. The molecule has 1 heterocycles. The molecule has 0 saturated carbocycles. The average molecular weight is 234 g/mol. The van der Waals surface area contributed by atoms with Crippen molar-refractivity contribution in [1.29, 1.82) is 0 Å². The van der Waals surface area contributed by atoms with Gasteiger partial charge in [0.15, 0.2) is 0 Å². The van der Waals surface area contributed by atoms with Gasteiger partial charge in [0, 0.05) is 18.1 Å². The maximum Gasteiger partial charge on any atom is 0.433 e. The van der Waals surface area contributed by atoms with Gasteiger partial charge in [0.1, 0.15) is 0 Å². The van der Waals surface area contributed by atoms with E-state index < -0.39 is 6.09 Å². The van der Waals surface area contributed by atoms with Crippen molar-refractivity contribution in [2.45, 2.75) is 23.2 Å². The number of carbonyl (C=O) groups excluding carboxylic acids is 1. The molecule has 80 valence electrons. The van der Waals surface area contributed by atoms with Crippen molar-refractivity contribution in [2.24, 2.45) is 5.16 Å². The van der Waals surface area contributed by atoms with Crippen LogP contribution in [-0.2, 0) is 4.84 Å². The number of carbonyl (C=O) groups is 1. The monoisotopic (exact) mass is 234 g/mol. The molecule has 1 aliphatic heterocycles. The molecule has 0 aromatic heterocycles. The van der Waals surface area contributed by atoms with Crippen molar-refractivity contribution in [3.8, 4) is 0 Å². The zero-order valence-corrected chi connectivity index (χ0v) is 10.1. The van der Waals surface area contributed by atoms with E-state index in [0.717, 1.165) is 5.75 Å². The second-order valence-electron chi connectivity index (χ2n) is 3.12. The van der Waals surface area contributed by atoms with Crippen LogP contribution in [0.5, 0.6) is 0 Å². The summed E-state index contributed by atoms with van der Waals surface area (Å²) >= 11 is 3.64. The van der Waals surface area contributed by atoms with Gasteiger partial charge in [-0.15, -0.1) is 23.5 Å². The molecule has 0 aromatic rings. The molecule has 6 heteroatoms. The summed E-state index contributed by atoms with van der Waals surface area (Å²) in [6, 6.07) is 0. The molecule has 1 fully saturated rings. The summed E-state index contributed by atoms with van der Waals surface area (Å²) in [6.07, 6.45) is 1.15. The highest BCUT2D eigenvalue weighted by Crippen LogP contribution is 2.46. The molecule has 2 atom stereocenters. The maximum atomic E-state index is 10.7. The number of amides is 1. The minimum Gasteiger partial charge on any atom is -0.323 e. The molecule has 14 heavy (non-hydrogen) atoms. The van der Waals surface area contributed by atoms with Crippen molar-refractivity contribution in [3.63, 3.8) is 0 Å². The smallest absolute Gasteiger partial charge is 0.323 e. The summed E-state index contributed by atoms with van der Waals surface area (Å²) in [6.45, 7) is 4.25. The Hall–Kier alpha value is -0.360. The number of nitrogens with zero attached hydrogens (tertiary/aromatic N) is 1. The molecular weight excluding hydrogens is 220 g/mol. The Morgan fingerprint density at radius 2 is 2.50 bits per heavy atom. The van der Waals surface area contributed by atoms with Crippen molar-refractivity contribution in [3.05, 3.63) is 0 Å². The van der Waals surface area contributed by atoms with Crippen molar-refractivity contribution < 1.29 is 9.63 Å². The summed E-state index contributed by atoms with van der Waals surface area (Å²) in [5.74, 6) is 1.10. The van der Waals surface area contributed by atoms with E-state index >= 15 is 0 Å². The van der Waals surface area contributed by atoms with Crippen LogP contribution >= 0.6 is 23.5 Å². The Morgan fingerprint density at radius 3 is 3.00 bits per heavy atom. The van der Waals surface area contributed by atoms with Crippen molar-refractivity contribution in [2.75, 3.05) is 12.8 Å². The van der Waals surface area contributed by atoms with Crippen molar-refractivity contribution in [1.82, 2.24) is 5.32 Å². The van der Waals surface area contributed by atoms with Crippen LogP contribution in [0.2, 0.25) is 0 Å². The van der Waals surface area contributed by atoms with E-state index in [0.29, 0.717) is 5.25 Å². The lowest BCUT2D eigenvalue weighted by Gasteiger charge is -2.14. The average Bonchev–Trinajstić information content (AvgIpc) is 2.46. The first-order chi connectivity index (χ1) is 6.56. The summed E-state index contributed by atoms with van der Waals surface area (Å²) in [7, 11) is 1.50. The van der Waals surface area contributed by atoms with Gasteiger partial charge in [0.05, 0.1) is 10.3 Å². The largest absolute Gasteiger partial charge is 0.433 e. The van der Waals surface area contributed by atoms with Gasteiger partial charge >= 0.3 is 6.09 Å². The second kappa shape index (κ2) is 4.93. The van der Waals surface area contributed by atoms with E-state index in [1.54, 1.807) is 6.21 Å². The highest BCUT2D eigenvalue weighted by molar-refractivity contribution is 8.22. The summed E-state index contributed by atoms with van der Waals surface area (Å²) in [4.78, 5) is 15.2. The third kappa shape index (κ3) is 3.42. The van der Waals surface area contributed by atoms with E-state index in [1.807, 2.05) is 23.5 Å². The van der Waals surface area contributed by atoms with E-state index in [2.05, 4.69) is 29.2 Å². The van der Waals surface area contributed by atoms with Crippen LogP contribution in [0, 0.1) is 0 Å². The van der Waals surface area contributed by atoms with Crippen LogP contribution in [0.25, 0.3) is 0 Å². The zero-order chi connectivity index (χ0) is 10.6. The first-order valence-electron chi connectivity index (χ1n) is 4.31. The Morgan fingerprint density at radius 1 is 1.79 bits per heavy atom. The molecule has 0 bridgehead atoms. The molecular formula is C8H14N2O2S2. The number of oxime groups is 1. The molecule has 1 aliphatic rings. The summed E-state index contributed by atoms with van der Waals surface area (Å²) in [5.41, 5.74) is 0. The van der Waals surface area contributed by atoms with Crippen LogP contribution < -0.4 is 5.32 Å². The zero-order valence-electron chi connectivity index (χ0n) is 8.44. The number of rotatable bonds is 2. The fourth-order valence-electron chi connectivity index (χ4n) is 1.03. The number of thioether (sulfide) groups is 2. The standard InChI is InChI=1S/C8H14N2O2S2/c1-6-4-13-8(2,14-6)5-10-12-7(11)9-3/h5-6H,4H2,1-3H3,(H,9,11)/t6-,8-/m1/s1. The molecule has 1 saturated heterocycles. The molecule has 1 amide bonds. The van der Waals surface area contributed by atoms with Crippen LogP contribution in [0.15, 0.2) is 5.16 Å². The molecule has 0 spiro atoms. The highest BCUT2D eigenvalue weighted by Gasteiger charge is 2.33. The van der Waals surface area contributed by atoms with Crippen LogP contribution in [0.1, 0.15) is 13.8 Å². The van der Waals surface area contributed by atoms with Crippen LogP contribution in [-0.4, -0.2) is 34.4 Å². The van der Waals surface area contributed by atoms with E-state index in [1.165, 1.54) is 7.05 Å². The molecule has 0 unspecified atom stereocenters. The molecule has 1 N–H and O–H groups in total. The Bertz CT molecular complexity index is 247. The third-order valence-corrected chi connectivity index (χ3v) is 5.01. The number of hydrogen-bond donors (Lipinski definition) is 1. The second-order valence-corrected chi connectivity index (χ2v) is 6.74. The van der Waals surface area contributed by atoms with E-state index in [4.69, 9.17) is 0 Å². The molecule has 0 radical (unpaired) electrons. The third-order valence-electron chi connectivity index (χ3n) is 1.67. The lowest BCUT2D eigenvalue weighted by Crippen LogP contribution is -2.19. The fraction of sp³-hybridized carbons (Fsp3) is 0.750. The van der Waals surface area contributed by atoms with Gasteiger partial charge in [0.25, 0.3) is 0 Å². The number of nitrogens with one attached hydrogen (secondary N) is 1. The summed E-state index contributed by atoms with van der Waals surface area (Å²) in [5, 5.41) is 6.60. The van der Waals surface area contributed by atoms with E-state index in [9.17, 15) is 4.79 Å². The minimum atomic E-state index is -0.536. The predicted molar refractivity (Wildman–Crippen MR) is 61.9 cm³/mol. The van der Waals surface area contributed by atoms with Gasteiger partial charge in [-0.05, 0) is 6.92 Å². The maximum absolute atomic E-state index is 10.7. The lowest BCUT2D eigenvalue weighted by atomic mass is 10.5. The quantitative estimate of drug-likeness (QED) is 0.450. The number of hydrogen-bond acceptors (Lipinski definition) is 5. The first kappa shape index (κ1) is 11.7. The van der Waals surface area contributed by atoms with Crippen LogP contribution in [0.3, 0.4) is 0 Å². The van der Waals surface area contributed by atoms with E-state index in [-0.39, 0.29) is 4.08 Å². The van der Waals surface area contributed by atoms with Gasteiger partial charge in [-0.3, -0.25) is 4.84 Å². The molecule has 1 rings (SSSR count). The molecule has 0 aliphatic carbocycles. The minimum absolute atomic E-state index is 0.0621. The Balaban J connectivity index is 2.39. The van der Waals surface area contributed by atoms with Crippen molar-refractivity contribution >= 4 is 35.8 Å². The van der Waals surface area contributed by atoms with Gasteiger partial charge in [-0.2, -0.15) is 0 Å². The fourth-order valence-corrected chi connectivity index (χ4v) is 4.07. The lowest BCUT2D eigenvalue weighted by molar-refractivity contribution is 0.153. The Labute approximate surface area is 92.2 Å². The van der Waals surface area contributed by atoms with Gasteiger partial charge in [0.2, 0.25) is 0 Å². The van der Waals surface area contributed by atoms with Crippen LogP contribution in [0.4, 0.5) is 4.79 Å². The van der Waals surface area contributed by atoms with Gasteiger partial charge in [-0.25, -0.2) is 4.79 Å². The summed E-state index contributed by atoms with van der Waals surface area (Å²) < 4.78 is -0.0621. The highest BCUT2D eigenvalue weighted by atomic mass is 32.2. The normalized spacial score (nSPS) is 32.1. The predicted octanol–water partition coefficient (Wildman–Crippen LogP) is 1.91. The SMILES string of the molecule is CNC(=O)ON=C[C@]1(C)SC[C@@H](C)S1. The topological polar surface area (TPSA) is 50.7 Å². The van der Waals surface area contributed by atoms with Gasteiger partial charge in [-0.1, -0.05) is 12.1 Å². The first-order valence-corrected chi connectivity index (χ1v) is 6.17. The molecule has 4 nitrogen and oxygen atoms in total. The van der Waals surface area contributed by atoms with Gasteiger partial charge < -0.3 is 5.32 Å².